The van der Waals surface area contributed by atoms with Gasteiger partial charge in [0.2, 0.25) is 0 Å². The number of halogens is 1. The Morgan fingerprint density at radius 3 is 2.76 bits per heavy atom. The Morgan fingerprint density at radius 1 is 1.24 bits per heavy atom. The van der Waals surface area contributed by atoms with E-state index in [2.05, 4.69) is 17.1 Å². The lowest BCUT2D eigenvalue weighted by molar-refractivity contribution is 0.00882. The molecule has 1 saturated heterocycles. The van der Waals surface area contributed by atoms with Crippen LogP contribution in [0.25, 0.3) is 0 Å². The average molecular weight is 233 g/mol. The standard InChI is InChI=1S/C14H16FNO/c15-12-5-3-10(4-6-12)13-8-14(17)11-2-1-7-16(13)9-11/h1-6,11,13-14,17H,7-9H2. The Balaban J connectivity index is 1.88. The van der Waals surface area contributed by atoms with Crippen molar-refractivity contribution in [3.8, 4) is 0 Å². The summed E-state index contributed by atoms with van der Waals surface area (Å²) in [6, 6.07) is 6.85. The molecule has 0 aromatic heterocycles. The molecule has 0 aliphatic carbocycles. The molecule has 17 heavy (non-hydrogen) atoms. The van der Waals surface area contributed by atoms with Crippen LogP contribution in [0.5, 0.6) is 0 Å². The first-order valence-corrected chi connectivity index (χ1v) is 6.08. The fourth-order valence-electron chi connectivity index (χ4n) is 2.87. The number of rotatable bonds is 1. The highest BCUT2D eigenvalue weighted by atomic mass is 19.1. The van der Waals surface area contributed by atoms with E-state index in [0.29, 0.717) is 0 Å². The van der Waals surface area contributed by atoms with Crippen molar-refractivity contribution >= 4 is 0 Å². The SMILES string of the molecule is OC1CC(c2ccc(F)cc2)N2CC=CC1C2. The summed E-state index contributed by atoms with van der Waals surface area (Å²) in [4.78, 5) is 2.35. The van der Waals surface area contributed by atoms with E-state index in [1.54, 1.807) is 0 Å². The highest BCUT2D eigenvalue weighted by Gasteiger charge is 2.35. The smallest absolute Gasteiger partial charge is 0.123 e. The normalized spacial score (nSPS) is 35.9. The summed E-state index contributed by atoms with van der Waals surface area (Å²) in [6.07, 6.45) is 4.69. The number of benzene rings is 1. The highest BCUT2D eigenvalue weighted by molar-refractivity contribution is 5.22. The van der Waals surface area contributed by atoms with Crippen LogP contribution in [-0.4, -0.2) is 29.2 Å². The van der Waals surface area contributed by atoms with Crippen LogP contribution in [0.4, 0.5) is 4.39 Å². The number of hydrogen-bond acceptors (Lipinski definition) is 2. The lowest BCUT2D eigenvalue weighted by atomic mass is 9.84. The molecule has 4 unspecified atom stereocenters. The molecule has 3 heteroatoms. The van der Waals surface area contributed by atoms with Gasteiger partial charge in [0.1, 0.15) is 5.82 Å². The first-order valence-electron chi connectivity index (χ1n) is 6.08. The maximum absolute atomic E-state index is 12.9. The third-order valence-corrected chi connectivity index (χ3v) is 3.82. The molecule has 1 fully saturated rings. The van der Waals surface area contributed by atoms with Gasteiger partial charge in [-0.3, -0.25) is 4.90 Å². The summed E-state index contributed by atoms with van der Waals surface area (Å²) >= 11 is 0. The van der Waals surface area contributed by atoms with E-state index < -0.39 is 0 Å². The van der Waals surface area contributed by atoms with Gasteiger partial charge in [0.15, 0.2) is 0 Å². The van der Waals surface area contributed by atoms with Gasteiger partial charge in [0.05, 0.1) is 6.10 Å². The minimum absolute atomic E-state index is 0.207. The van der Waals surface area contributed by atoms with Gasteiger partial charge < -0.3 is 5.11 Å². The van der Waals surface area contributed by atoms with Crippen molar-refractivity contribution in [3.05, 3.63) is 47.8 Å². The molecular weight excluding hydrogens is 217 g/mol. The molecule has 1 N–H and O–H groups in total. The number of nitrogens with zero attached hydrogens (tertiary/aromatic N) is 1. The summed E-state index contributed by atoms with van der Waals surface area (Å²) in [7, 11) is 0. The summed E-state index contributed by atoms with van der Waals surface area (Å²) in [5.41, 5.74) is 1.10. The van der Waals surface area contributed by atoms with Gasteiger partial charge in [-0.05, 0) is 24.1 Å². The van der Waals surface area contributed by atoms with Gasteiger partial charge in [-0.25, -0.2) is 4.39 Å². The fourth-order valence-corrected chi connectivity index (χ4v) is 2.87. The van der Waals surface area contributed by atoms with Crippen LogP contribution in [0.2, 0.25) is 0 Å². The van der Waals surface area contributed by atoms with Crippen molar-refractivity contribution in [1.82, 2.24) is 4.90 Å². The van der Waals surface area contributed by atoms with Crippen molar-refractivity contribution in [2.45, 2.75) is 18.6 Å². The third-order valence-electron chi connectivity index (χ3n) is 3.82. The van der Waals surface area contributed by atoms with E-state index in [1.165, 1.54) is 12.1 Å². The topological polar surface area (TPSA) is 23.5 Å². The molecule has 2 bridgehead atoms. The van der Waals surface area contributed by atoms with Gasteiger partial charge in [0.25, 0.3) is 0 Å². The van der Waals surface area contributed by atoms with Crippen molar-refractivity contribution in [2.75, 3.05) is 13.1 Å². The van der Waals surface area contributed by atoms with Gasteiger partial charge in [0, 0.05) is 25.0 Å². The predicted octanol–water partition coefficient (Wildman–Crippen LogP) is 2.12. The van der Waals surface area contributed by atoms with Gasteiger partial charge in [-0.1, -0.05) is 24.3 Å². The highest BCUT2D eigenvalue weighted by Crippen LogP contribution is 2.35. The molecule has 0 saturated carbocycles. The largest absolute Gasteiger partial charge is 0.392 e. The number of fused-ring (bicyclic) bond motifs is 2. The van der Waals surface area contributed by atoms with E-state index in [-0.39, 0.29) is 23.9 Å². The molecule has 0 radical (unpaired) electrons. The molecule has 1 aromatic carbocycles. The number of aliphatic hydroxyl groups excluding tert-OH is 1. The molecule has 0 amide bonds. The molecule has 2 aliphatic heterocycles. The zero-order chi connectivity index (χ0) is 11.8. The Hall–Kier alpha value is -1.19. The first-order chi connectivity index (χ1) is 8.24. The van der Waals surface area contributed by atoms with Crippen LogP contribution in [0.1, 0.15) is 18.0 Å². The zero-order valence-corrected chi connectivity index (χ0v) is 9.59. The second-order valence-electron chi connectivity index (χ2n) is 4.92. The average Bonchev–Trinajstić information content (AvgIpc) is 2.36. The fraction of sp³-hybridized carbons (Fsp3) is 0.429. The van der Waals surface area contributed by atoms with Crippen molar-refractivity contribution in [1.29, 1.82) is 0 Å². The monoisotopic (exact) mass is 233 g/mol. The molecular formula is C14H16FNO. The van der Waals surface area contributed by atoms with Gasteiger partial charge in [-0.2, -0.15) is 0 Å². The van der Waals surface area contributed by atoms with Gasteiger partial charge >= 0.3 is 0 Å². The molecule has 4 atom stereocenters. The minimum atomic E-state index is -0.280. The quantitative estimate of drug-likeness (QED) is 0.751. The third kappa shape index (κ3) is 2.01. The first kappa shape index (κ1) is 10.9. The van der Waals surface area contributed by atoms with Crippen molar-refractivity contribution in [2.24, 2.45) is 5.92 Å². The maximum Gasteiger partial charge on any atom is 0.123 e. The molecule has 0 spiro atoms. The number of aliphatic hydroxyl groups is 1. The van der Waals surface area contributed by atoms with E-state index >= 15 is 0 Å². The summed E-state index contributed by atoms with van der Waals surface area (Å²) < 4.78 is 12.9. The summed E-state index contributed by atoms with van der Waals surface area (Å²) in [5.74, 6) is 0.0574. The lowest BCUT2D eigenvalue weighted by Crippen LogP contribution is -2.46. The van der Waals surface area contributed by atoms with Crippen LogP contribution in [-0.2, 0) is 0 Å². The molecule has 2 nitrogen and oxygen atoms in total. The van der Waals surface area contributed by atoms with E-state index in [0.717, 1.165) is 25.1 Å². The van der Waals surface area contributed by atoms with E-state index in [1.807, 2.05) is 12.1 Å². The number of piperidine rings is 1. The molecule has 2 heterocycles. The second kappa shape index (κ2) is 4.24. The van der Waals surface area contributed by atoms with Crippen LogP contribution in [0.3, 0.4) is 0 Å². The van der Waals surface area contributed by atoms with Crippen molar-refractivity contribution in [3.63, 3.8) is 0 Å². The van der Waals surface area contributed by atoms with Crippen LogP contribution in [0.15, 0.2) is 36.4 Å². The lowest BCUT2D eigenvalue weighted by Gasteiger charge is -2.43. The Kier molecular flexibility index (Phi) is 2.73. The van der Waals surface area contributed by atoms with E-state index in [4.69, 9.17) is 0 Å². The second-order valence-corrected chi connectivity index (χ2v) is 4.92. The Morgan fingerprint density at radius 2 is 2.00 bits per heavy atom. The van der Waals surface area contributed by atoms with Crippen LogP contribution in [0, 0.1) is 11.7 Å². The summed E-state index contributed by atoms with van der Waals surface area (Å²) in [5, 5.41) is 10.1. The Bertz CT molecular complexity index is 428. The Labute approximate surface area is 100 Å². The zero-order valence-electron chi connectivity index (χ0n) is 9.59. The summed E-state index contributed by atoms with van der Waals surface area (Å²) in [6.45, 7) is 1.82. The predicted molar refractivity (Wildman–Crippen MR) is 64.0 cm³/mol. The van der Waals surface area contributed by atoms with Crippen LogP contribution >= 0.6 is 0 Å². The molecule has 2 aliphatic rings. The molecule has 3 rings (SSSR count). The maximum atomic E-state index is 12.9. The van der Waals surface area contributed by atoms with Gasteiger partial charge in [-0.15, -0.1) is 0 Å². The number of hydrogen-bond donors (Lipinski definition) is 1. The molecule has 1 aromatic rings. The van der Waals surface area contributed by atoms with Crippen LogP contribution < -0.4 is 0 Å². The van der Waals surface area contributed by atoms with E-state index in [9.17, 15) is 9.50 Å². The molecule has 90 valence electrons. The minimum Gasteiger partial charge on any atom is -0.392 e. The van der Waals surface area contributed by atoms with Crippen molar-refractivity contribution < 1.29 is 9.50 Å².